The molecule has 0 unspecified atom stereocenters. The summed E-state index contributed by atoms with van der Waals surface area (Å²) < 4.78 is 10.8. The van der Waals surface area contributed by atoms with Crippen LogP contribution >= 0.6 is 0 Å². The lowest BCUT2D eigenvalue weighted by molar-refractivity contribution is -1.02. The van der Waals surface area contributed by atoms with E-state index in [4.69, 9.17) is 9.47 Å². The number of hydrogen-bond donors (Lipinski definition) is 2. The highest BCUT2D eigenvalue weighted by Gasteiger charge is 2.26. The lowest BCUT2D eigenvalue weighted by atomic mass is 10.1. The molecule has 0 aliphatic carbocycles. The van der Waals surface area contributed by atoms with Crippen molar-refractivity contribution in [3.05, 3.63) is 59.2 Å². The van der Waals surface area contributed by atoms with Gasteiger partial charge in [-0.3, -0.25) is 4.79 Å². The number of carbonyl (C=O) groups is 1. The summed E-state index contributed by atoms with van der Waals surface area (Å²) in [6, 6.07) is 14.3. The van der Waals surface area contributed by atoms with Crippen LogP contribution in [-0.2, 0) is 17.9 Å². The third kappa shape index (κ3) is 5.97. The van der Waals surface area contributed by atoms with Crippen molar-refractivity contribution in [3.8, 4) is 11.5 Å². The highest BCUT2D eigenvalue weighted by atomic mass is 16.5. The Hall–Kier alpha value is -2.57. The molecule has 162 valence electrons. The molecule has 2 N–H and O–H groups in total. The smallest absolute Gasteiger partial charge is 0.277 e. The van der Waals surface area contributed by atoms with E-state index in [9.17, 15) is 4.79 Å². The number of carbonyl (C=O) groups excluding carboxylic acids is 1. The monoisotopic (exact) mass is 413 g/mol. The number of piperazine rings is 1. The van der Waals surface area contributed by atoms with Crippen LogP contribution in [-0.4, -0.2) is 64.8 Å². The molecule has 2 aromatic rings. The number of amides is 1. The number of nitrogens with one attached hydrogen (secondary N) is 2. The minimum Gasteiger partial charge on any atom is -0.497 e. The lowest BCUT2D eigenvalue weighted by Crippen LogP contribution is -3.28. The molecule has 1 fully saturated rings. The van der Waals surface area contributed by atoms with E-state index < -0.39 is 0 Å². The first kappa shape index (κ1) is 22.1. The van der Waals surface area contributed by atoms with Crippen molar-refractivity contribution in [2.24, 2.45) is 0 Å². The van der Waals surface area contributed by atoms with Crippen LogP contribution in [0.25, 0.3) is 0 Å². The van der Waals surface area contributed by atoms with E-state index in [0.717, 1.165) is 49.8 Å². The average molecular weight is 414 g/mol. The molecule has 0 atom stereocenters. The number of benzene rings is 2. The molecular weight excluding hydrogens is 378 g/mol. The van der Waals surface area contributed by atoms with Crippen molar-refractivity contribution in [2.45, 2.75) is 20.0 Å². The van der Waals surface area contributed by atoms with Gasteiger partial charge in [0.15, 0.2) is 6.54 Å². The van der Waals surface area contributed by atoms with Crippen molar-refractivity contribution in [2.75, 3.05) is 54.0 Å². The number of ether oxygens (including phenoxy) is 2. The van der Waals surface area contributed by atoms with Gasteiger partial charge in [0.25, 0.3) is 5.91 Å². The minimum atomic E-state index is 0.191. The zero-order valence-electron chi connectivity index (χ0n) is 18.7. The second kappa shape index (κ2) is 10.5. The molecule has 2 aromatic carbocycles. The predicted molar refractivity (Wildman–Crippen MR) is 117 cm³/mol. The summed E-state index contributed by atoms with van der Waals surface area (Å²) >= 11 is 0. The predicted octanol–water partition coefficient (Wildman–Crippen LogP) is -0.0458. The largest absolute Gasteiger partial charge is 0.497 e. The van der Waals surface area contributed by atoms with Crippen LogP contribution < -0.4 is 19.3 Å². The summed E-state index contributed by atoms with van der Waals surface area (Å²) in [6.07, 6.45) is 0. The normalized spacial score (nSPS) is 18.7. The zero-order chi connectivity index (χ0) is 21.5. The van der Waals surface area contributed by atoms with Crippen molar-refractivity contribution in [1.29, 1.82) is 0 Å². The fraction of sp³-hybridized carbons (Fsp3) is 0.458. The van der Waals surface area contributed by atoms with E-state index in [1.807, 2.05) is 36.2 Å². The van der Waals surface area contributed by atoms with Gasteiger partial charge >= 0.3 is 0 Å². The van der Waals surface area contributed by atoms with Gasteiger partial charge in [0.05, 0.1) is 14.2 Å². The molecule has 0 saturated carbocycles. The number of hydrogen-bond acceptors (Lipinski definition) is 3. The molecule has 1 amide bonds. The number of methoxy groups -OCH3 is 2. The fourth-order valence-electron chi connectivity index (χ4n) is 4.11. The van der Waals surface area contributed by atoms with E-state index in [1.54, 1.807) is 19.1 Å². The maximum absolute atomic E-state index is 12.7. The highest BCUT2D eigenvalue weighted by Crippen LogP contribution is 2.18. The number of nitrogens with zero attached hydrogens (tertiary/aromatic N) is 1. The first-order chi connectivity index (χ1) is 14.5. The van der Waals surface area contributed by atoms with E-state index in [1.165, 1.54) is 16.0 Å². The lowest BCUT2D eigenvalue weighted by Gasteiger charge is -2.30. The third-order valence-corrected chi connectivity index (χ3v) is 5.92. The molecule has 1 aliphatic rings. The van der Waals surface area contributed by atoms with Gasteiger partial charge in [0, 0.05) is 19.2 Å². The van der Waals surface area contributed by atoms with Gasteiger partial charge in [0.2, 0.25) is 0 Å². The van der Waals surface area contributed by atoms with E-state index in [2.05, 4.69) is 25.1 Å². The van der Waals surface area contributed by atoms with Crippen LogP contribution in [0.2, 0.25) is 0 Å². The second-order valence-corrected chi connectivity index (χ2v) is 8.27. The second-order valence-electron chi connectivity index (χ2n) is 8.27. The molecule has 3 rings (SSSR count). The SMILES string of the molecule is COc1cccc(CN(C)C(=O)C[NH+]2CC[NH+](Cc3cc(C)ccc3OC)CC2)c1. The Morgan fingerprint density at radius 2 is 1.73 bits per heavy atom. The summed E-state index contributed by atoms with van der Waals surface area (Å²) in [6.45, 7) is 8.42. The van der Waals surface area contributed by atoms with Gasteiger partial charge in [-0.1, -0.05) is 23.8 Å². The summed E-state index contributed by atoms with van der Waals surface area (Å²) in [5, 5.41) is 0. The van der Waals surface area contributed by atoms with Gasteiger partial charge < -0.3 is 24.2 Å². The number of quaternary nitrogens is 2. The summed E-state index contributed by atoms with van der Waals surface area (Å²) in [4.78, 5) is 17.5. The zero-order valence-corrected chi connectivity index (χ0v) is 18.7. The standard InChI is InChI=1S/C24H33N3O3/c1-19-8-9-23(30-4)21(14-19)17-26-10-12-27(13-11-26)18-24(28)25(2)16-20-6-5-7-22(15-20)29-3/h5-9,14-15H,10-13,16-18H2,1-4H3/p+2. The van der Waals surface area contributed by atoms with Gasteiger partial charge in [-0.05, 0) is 36.8 Å². The van der Waals surface area contributed by atoms with Crippen LogP contribution in [0.5, 0.6) is 11.5 Å². The van der Waals surface area contributed by atoms with Crippen molar-refractivity contribution < 1.29 is 24.1 Å². The van der Waals surface area contributed by atoms with Crippen LogP contribution in [0.3, 0.4) is 0 Å². The number of aryl methyl sites for hydroxylation is 1. The van der Waals surface area contributed by atoms with Gasteiger partial charge in [-0.2, -0.15) is 0 Å². The molecule has 6 nitrogen and oxygen atoms in total. The summed E-state index contributed by atoms with van der Waals surface area (Å²) in [5.74, 6) is 1.98. The van der Waals surface area contributed by atoms with E-state index in [-0.39, 0.29) is 5.91 Å². The van der Waals surface area contributed by atoms with Crippen LogP contribution in [0.15, 0.2) is 42.5 Å². The van der Waals surface area contributed by atoms with Crippen LogP contribution in [0, 0.1) is 6.92 Å². The van der Waals surface area contributed by atoms with Gasteiger partial charge in [0.1, 0.15) is 44.2 Å². The summed E-state index contributed by atoms with van der Waals surface area (Å²) in [7, 11) is 5.28. The Bertz CT molecular complexity index is 847. The van der Waals surface area contributed by atoms with Gasteiger partial charge in [-0.15, -0.1) is 0 Å². The number of likely N-dealkylation sites (N-methyl/N-ethyl adjacent to an activating group) is 1. The first-order valence-corrected chi connectivity index (χ1v) is 10.7. The molecule has 1 saturated heterocycles. The van der Waals surface area contributed by atoms with Crippen LogP contribution in [0.4, 0.5) is 0 Å². The van der Waals surface area contributed by atoms with Crippen molar-refractivity contribution in [3.63, 3.8) is 0 Å². The van der Waals surface area contributed by atoms with E-state index >= 15 is 0 Å². The Balaban J connectivity index is 1.47. The van der Waals surface area contributed by atoms with Crippen molar-refractivity contribution >= 4 is 5.91 Å². The van der Waals surface area contributed by atoms with Crippen molar-refractivity contribution in [1.82, 2.24) is 4.90 Å². The van der Waals surface area contributed by atoms with E-state index in [0.29, 0.717) is 13.1 Å². The first-order valence-electron chi connectivity index (χ1n) is 10.7. The Kier molecular flexibility index (Phi) is 7.71. The molecule has 1 aliphatic heterocycles. The Morgan fingerprint density at radius 1 is 1.00 bits per heavy atom. The topological polar surface area (TPSA) is 47.6 Å². The fourth-order valence-corrected chi connectivity index (χ4v) is 4.11. The summed E-state index contributed by atoms with van der Waals surface area (Å²) in [5.41, 5.74) is 3.62. The van der Waals surface area contributed by atoms with Crippen LogP contribution in [0.1, 0.15) is 16.7 Å². The molecule has 6 heteroatoms. The maximum atomic E-state index is 12.7. The molecular formula is C24H35N3O3+2. The molecule has 0 aromatic heterocycles. The minimum absolute atomic E-state index is 0.191. The Morgan fingerprint density at radius 3 is 2.43 bits per heavy atom. The van der Waals surface area contributed by atoms with Gasteiger partial charge in [-0.25, -0.2) is 0 Å². The molecule has 0 bridgehead atoms. The average Bonchev–Trinajstić information content (AvgIpc) is 2.75. The number of rotatable bonds is 8. The molecule has 0 spiro atoms. The maximum Gasteiger partial charge on any atom is 0.277 e. The molecule has 30 heavy (non-hydrogen) atoms. The quantitative estimate of drug-likeness (QED) is 0.638. The Labute approximate surface area is 180 Å². The third-order valence-electron chi connectivity index (χ3n) is 5.92. The molecule has 1 heterocycles. The highest BCUT2D eigenvalue weighted by molar-refractivity contribution is 5.76. The molecule has 0 radical (unpaired) electrons.